The van der Waals surface area contributed by atoms with Crippen molar-refractivity contribution in [2.24, 2.45) is 5.92 Å². The molecule has 0 atom stereocenters. The van der Waals surface area contributed by atoms with E-state index in [0.29, 0.717) is 11.8 Å². The molecule has 19 heavy (non-hydrogen) atoms. The monoisotopic (exact) mass is 282 g/mol. The molecule has 0 saturated heterocycles. The van der Waals surface area contributed by atoms with Gasteiger partial charge in [-0.25, -0.2) is 9.67 Å². The first-order chi connectivity index (χ1) is 9.08. The van der Waals surface area contributed by atoms with E-state index in [0.717, 1.165) is 48.6 Å². The van der Waals surface area contributed by atoms with Gasteiger partial charge in [0.1, 0.15) is 11.3 Å². The van der Waals surface area contributed by atoms with Crippen LogP contribution in [0.1, 0.15) is 38.7 Å². The zero-order valence-corrected chi connectivity index (χ0v) is 13.0. The van der Waals surface area contributed by atoms with Crippen molar-refractivity contribution in [1.29, 1.82) is 0 Å². The Morgan fingerprint density at radius 2 is 2.05 bits per heavy atom. The first kappa shape index (κ1) is 14.4. The molecule has 0 aromatic carbocycles. The fourth-order valence-corrected chi connectivity index (χ4v) is 2.56. The minimum atomic E-state index is 0.611. The van der Waals surface area contributed by atoms with Gasteiger partial charge in [0, 0.05) is 25.4 Å². The van der Waals surface area contributed by atoms with Crippen molar-refractivity contribution in [3.8, 4) is 0 Å². The van der Waals surface area contributed by atoms with Crippen molar-refractivity contribution in [1.82, 2.24) is 19.3 Å². The summed E-state index contributed by atoms with van der Waals surface area (Å²) in [6, 6.07) is 0. The molecule has 0 spiro atoms. The third-order valence-corrected chi connectivity index (χ3v) is 3.61. The Labute approximate surface area is 119 Å². The summed E-state index contributed by atoms with van der Waals surface area (Å²) in [5, 5.41) is 4.56. The van der Waals surface area contributed by atoms with Crippen LogP contribution >= 0.6 is 11.6 Å². The number of fused-ring (bicyclic) bond motifs is 1. The standard InChI is InChI=1S/C14H23ClN4/c1-5-19-14-13(11(4)17-19)16-12(6-8-15)18(14)9-7-10(2)3/h10H,5-9H2,1-4H3. The molecule has 2 heterocycles. The molecule has 0 bridgehead atoms. The Hall–Kier alpha value is -1.03. The topological polar surface area (TPSA) is 35.6 Å². The maximum absolute atomic E-state index is 5.90. The molecule has 0 aliphatic rings. The number of imidazole rings is 1. The van der Waals surface area contributed by atoms with E-state index in [1.54, 1.807) is 0 Å². The number of hydrogen-bond acceptors (Lipinski definition) is 2. The van der Waals surface area contributed by atoms with E-state index >= 15 is 0 Å². The fourth-order valence-electron chi connectivity index (χ4n) is 2.39. The van der Waals surface area contributed by atoms with Crippen molar-refractivity contribution in [2.75, 3.05) is 5.88 Å². The molecular formula is C14H23ClN4. The Balaban J connectivity index is 2.50. The van der Waals surface area contributed by atoms with Gasteiger partial charge < -0.3 is 4.57 Å². The van der Waals surface area contributed by atoms with Crippen LogP contribution in [0.5, 0.6) is 0 Å². The molecule has 4 nitrogen and oxygen atoms in total. The molecule has 2 aromatic rings. The van der Waals surface area contributed by atoms with Crippen molar-refractivity contribution in [3.63, 3.8) is 0 Å². The highest BCUT2D eigenvalue weighted by Gasteiger charge is 2.17. The summed E-state index contributed by atoms with van der Waals surface area (Å²) in [4.78, 5) is 4.74. The predicted molar refractivity (Wildman–Crippen MR) is 79.8 cm³/mol. The van der Waals surface area contributed by atoms with Crippen molar-refractivity contribution < 1.29 is 0 Å². The second kappa shape index (κ2) is 5.95. The molecule has 0 radical (unpaired) electrons. The molecule has 106 valence electrons. The maximum atomic E-state index is 5.90. The number of hydrogen-bond donors (Lipinski definition) is 0. The smallest absolute Gasteiger partial charge is 0.158 e. The van der Waals surface area contributed by atoms with Gasteiger partial charge in [0.2, 0.25) is 0 Å². The Morgan fingerprint density at radius 3 is 2.63 bits per heavy atom. The summed E-state index contributed by atoms with van der Waals surface area (Å²) in [7, 11) is 0. The van der Waals surface area contributed by atoms with Gasteiger partial charge in [0.05, 0.1) is 5.69 Å². The van der Waals surface area contributed by atoms with E-state index in [1.807, 2.05) is 6.92 Å². The number of rotatable bonds is 6. The summed E-state index contributed by atoms with van der Waals surface area (Å²) < 4.78 is 4.36. The number of nitrogens with zero attached hydrogens (tertiary/aromatic N) is 4. The highest BCUT2D eigenvalue weighted by atomic mass is 35.5. The van der Waals surface area contributed by atoms with E-state index in [-0.39, 0.29) is 0 Å². The minimum absolute atomic E-state index is 0.611. The van der Waals surface area contributed by atoms with Gasteiger partial charge in [-0.1, -0.05) is 13.8 Å². The lowest BCUT2D eigenvalue weighted by Gasteiger charge is -2.11. The molecule has 0 amide bonds. The van der Waals surface area contributed by atoms with Gasteiger partial charge in [0.25, 0.3) is 0 Å². The number of aryl methyl sites for hydroxylation is 4. The van der Waals surface area contributed by atoms with Crippen LogP contribution in [-0.4, -0.2) is 25.2 Å². The van der Waals surface area contributed by atoms with E-state index < -0.39 is 0 Å². The largest absolute Gasteiger partial charge is 0.313 e. The summed E-state index contributed by atoms with van der Waals surface area (Å²) in [6.45, 7) is 10.5. The van der Waals surface area contributed by atoms with Crippen LogP contribution in [0.3, 0.4) is 0 Å². The van der Waals surface area contributed by atoms with Gasteiger partial charge in [-0.3, -0.25) is 0 Å². The summed E-state index contributed by atoms with van der Waals surface area (Å²) in [5.74, 6) is 2.38. The fraction of sp³-hybridized carbons (Fsp3) is 0.714. The van der Waals surface area contributed by atoms with Crippen LogP contribution in [0.25, 0.3) is 11.2 Å². The van der Waals surface area contributed by atoms with Gasteiger partial charge in [-0.2, -0.15) is 5.10 Å². The van der Waals surface area contributed by atoms with Crippen molar-refractivity contribution >= 4 is 22.8 Å². The molecular weight excluding hydrogens is 260 g/mol. The van der Waals surface area contributed by atoms with E-state index in [1.165, 1.54) is 0 Å². The predicted octanol–water partition coefficient (Wildman–Crippen LogP) is 3.39. The van der Waals surface area contributed by atoms with Gasteiger partial charge in [0.15, 0.2) is 5.65 Å². The highest BCUT2D eigenvalue weighted by Crippen LogP contribution is 2.21. The Kier molecular flexibility index (Phi) is 4.50. The first-order valence-electron chi connectivity index (χ1n) is 7.06. The van der Waals surface area contributed by atoms with Crippen LogP contribution in [0.15, 0.2) is 0 Å². The molecule has 0 N–H and O–H groups in total. The van der Waals surface area contributed by atoms with E-state index in [2.05, 4.69) is 35.1 Å². The molecule has 0 aliphatic carbocycles. The van der Waals surface area contributed by atoms with Crippen molar-refractivity contribution in [3.05, 3.63) is 11.5 Å². The van der Waals surface area contributed by atoms with Crippen LogP contribution in [0, 0.1) is 12.8 Å². The van der Waals surface area contributed by atoms with Crippen LogP contribution < -0.4 is 0 Å². The molecule has 5 heteroatoms. The third-order valence-electron chi connectivity index (χ3n) is 3.43. The maximum Gasteiger partial charge on any atom is 0.158 e. The van der Waals surface area contributed by atoms with Crippen LogP contribution in [0.4, 0.5) is 0 Å². The Bertz CT molecular complexity index is 553. The first-order valence-corrected chi connectivity index (χ1v) is 7.60. The zero-order valence-electron chi connectivity index (χ0n) is 12.3. The minimum Gasteiger partial charge on any atom is -0.313 e. The normalized spacial score (nSPS) is 11.9. The molecule has 0 aliphatic heterocycles. The lowest BCUT2D eigenvalue weighted by Crippen LogP contribution is -2.10. The Morgan fingerprint density at radius 1 is 1.32 bits per heavy atom. The van der Waals surface area contributed by atoms with Crippen molar-refractivity contribution in [2.45, 2.75) is 53.6 Å². The van der Waals surface area contributed by atoms with E-state index in [4.69, 9.17) is 16.6 Å². The van der Waals surface area contributed by atoms with Crippen LogP contribution in [0.2, 0.25) is 0 Å². The third kappa shape index (κ3) is 2.78. The number of aromatic nitrogens is 4. The average Bonchev–Trinajstić information content (AvgIpc) is 2.86. The summed E-state index contributed by atoms with van der Waals surface area (Å²) >= 11 is 5.90. The van der Waals surface area contributed by atoms with E-state index in [9.17, 15) is 0 Å². The SMILES string of the molecule is CCn1nc(C)c2nc(CCCl)n(CCC(C)C)c21. The highest BCUT2D eigenvalue weighted by molar-refractivity contribution is 6.17. The van der Waals surface area contributed by atoms with Gasteiger partial charge in [-0.05, 0) is 26.2 Å². The zero-order chi connectivity index (χ0) is 14.0. The average molecular weight is 283 g/mol. The molecule has 2 rings (SSSR count). The lowest BCUT2D eigenvalue weighted by molar-refractivity contribution is 0.504. The second-order valence-corrected chi connectivity index (χ2v) is 5.75. The number of alkyl halides is 1. The molecule has 0 saturated carbocycles. The quantitative estimate of drug-likeness (QED) is 0.762. The summed E-state index contributed by atoms with van der Waals surface area (Å²) in [5.41, 5.74) is 3.20. The second-order valence-electron chi connectivity index (χ2n) is 5.37. The van der Waals surface area contributed by atoms with Crippen LogP contribution in [-0.2, 0) is 19.5 Å². The summed E-state index contributed by atoms with van der Waals surface area (Å²) in [6.07, 6.45) is 1.96. The molecule has 0 fully saturated rings. The van der Waals surface area contributed by atoms with Gasteiger partial charge in [-0.15, -0.1) is 11.6 Å². The lowest BCUT2D eigenvalue weighted by atomic mass is 10.1. The molecule has 2 aromatic heterocycles. The van der Waals surface area contributed by atoms with Gasteiger partial charge >= 0.3 is 0 Å². The number of halogens is 1. The molecule has 0 unspecified atom stereocenters.